The Hall–Kier alpha value is -1.31. The number of rotatable bonds is 0. The van der Waals surface area contributed by atoms with E-state index in [1.54, 1.807) is 11.6 Å². The van der Waals surface area contributed by atoms with Crippen LogP contribution in [0.3, 0.4) is 0 Å². The maximum Gasteiger partial charge on any atom is 0.146 e. The van der Waals surface area contributed by atoms with E-state index in [-0.39, 0.29) is 5.83 Å². The number of fused-ring (bicyclic) bond motifs is 5. The van der Waals surface area contributed by atoms with Gasteiger partial charge in [0.2, 0.25) is 0 Å². The largest absolute Gasteiger partial charge is 0.365 e. The van der Waals surface area contributed by atoms with Crippen molar-refractivity contribution < 1.29 is 4.39 Å². The van der Waals surface area contributed by atoms with Gasteiger partial charge in [0, 0.05) is 13.1 Å². The SMILES string of the molecule is FC1=C2C3=CC=C4CCCCC4C3CCN2CC=C1. The zero-order valence-electron chi connectivity index (χ0n) is 11.2. The van der Waals surface area contributed by atoms with Crippen molar-refractivity contribution in [2.75, 3.05) is 13.1 Å². The summed E-state index contributed by atoms with van der Waals surface area (Å²) in [5.41, 5.74) is 3.78. The molecule has 1 saturated heterocycles. The Morgan fingerprint density at radius 3 is 3.00 bits per heavy atom. The van der Waals surface area contributed by atoms with Gasteiger partial charge >= 0.3 is 0 Å². The fraction of sp³-hybridized carbons (Fsp3) is 0.529. The van der Waals surface area contributed by atoms with Gasteiger partial charge in [0.1, 0.15) is 5.83 Å². The van der Waals surface area contributed by atoms with Crippen LogP contribution < -0.4 is 0 Å². The van der Waals surface area contributed by atoms with Crippen LogP contribution in [-0.4, -0.2) is 18.0 Å². The summed E-state index contributed by atoms with van der Waals surface area (Å²) in [4.78, 5) is 2.21. The maximum atomic E-state index is 14.2. The molecule has 0 aromatic rings. The van der Waals surface area contributed by atoms with Crippen LogP contribution in [0.1, 0.15) is 32.1 Å². The van der Waals surface area contributed by atoms with Crippen molar-refractivity contribution in [3.05, 3.63) is 47.0 Å². The summed E-state index contributed by atoms with van der Waals surface area (Å²) in [5.74, 6) is 1.24. The van der Waals surface area contributed by atoms with Gasteiger partial charge in [-0.2, -0.15) is 0 Å². The first kappa shape index (κ1) is 11.5. The van der Waals surface area contributed by atoms with Crippen molar-refractivity contribution in [3.63, 3.8) is 0 Å². The molecule has 2 atom stereocenters. The van der Waals surface area contributed by atoms with E-state index in [0.29, 0.717) is 11.8 Å². The van der Waals surface area contributed by atoms with E-state index in [2.05, 4.69) is 17.1 Å². The van der Waals surface area contributed by atoms with Gasteiger partial charge in [-0.3, -0.25) is 0 Å². The Bertz CT molecular complexity index is 523. The fourth-order valence-corrected chi connectivity index (χ4v) is 4.30. The van der Waals surface area contributed by atoms with Crippen LogP contribution in [-0.2, 0) is 0 Å². The average molecular weight is 257 g/mol. The first-order valence-corrected chi connectivity index (χ1v) is 7.57. The summed E-state index contributed by atoms with van der Waals surface area (Å²) in [6.07, 6.45) is 14.5. The van der Waals surface area contributed by atoms with Crippen molar-refractivity contribution in [3.8, 4) is 0 Å². The highest BCUT2D eigenvalue weighted by molar-refractivity contribution is 5.47. The lowest BCUT2D eigenvalue weighted by atomic mass is 9.67. The molecule has 0 bridgehead atoms. The molecule has 2 aliphatic carbocycles. The van der Waals surface area contributed by atoms with Gasteiger partial charge in [-0.25, -0.2) is 4.39 Å². The summed E-state index contributed by atoms with van der Waals surface area (Å²) < 4.78 is 14.2. The minimum absolute atomic E-state index is 0.0325. The standard InChI is InChI=1S/C17H20FN/c18-16-6-3-10-19-11-9-14-13-5-2-1-4-12(13)7-8-15(14)17(16)19/h3,6-8,13-14H,1-2,4-5,9-11H2. The Balaban J connectivity index is 1.78. The summed E-state index contributed by atoms with van der Waals surface area (Å²) >= 11 is 0. The summed E-state index contributed by atoms with van der Waals surface area (Å²) in [7, 11) is 0. The third kappa shape index (κ3) is 1.73. The van der Waals surface area contributed by atoms with Crippen molar-refractivity contribution in [2.24, 2.45) is 11.8 Å². The monoisotopic (exact) mass is 257 g/mol. The Morgan fingerprint density at radius 1 is 1.11 bits per heavy atom. The number of piperidine rings is 1. The molecule has 0 spiro atoms. The van der Waals surface area contributed by atoms with Crippen LogP contribution in [0.5, 0.6) is 0 Å². The van der Waals surface area contributed by atoms with Crippen LogP contribution >= 0.6 is 0 Å². The molecule has 19 heavy (non-hydrogen) atoms. The number of nitrogens with zero attached hydrogens (tertiary/aromatic N) is 1. The minimum Gasteiger partial charge on any atom is -0.365 e. The molecule has 2 heterocycles. The minimum atomic E-state index is -0.0325. The van der Waals surface area contributed by atoms with Gasteiger partial charge in [-0.15, -0.1) is 0 Å². The van der Waals surface area contributed by atoms with E-state index in [1.807, 2.05) is 6.08 Å². The predicted octanol–water partition coefficient (Wildman–Crippen LogP) is 4.12. The van der Waals surface area contributed by atoms with Crippen molar-refractivity contribution in [2.45, 2.75) is 32.1 Å². The van der Waals surface area contributed by atoms with Crippen LogP contribution in [0.4, 0.5) is 4.39 Å². The van der Waals surface area contributed by atoms with Crippen molar-refractivity contribution in [1.29, 1.82) is 0 Å². The quantitative estimate of drug-likeness (QED) is 0.631. The third-order valence-corrected chi connectivity index (χ3v) is 5.18. The molecule has 0 N–H and O–H groups in total. The molecule has 100 valence electrons. The van der Waals surface area contributed by atoms with Gasteiger partial charge in [0.15, 0.2) is 0 Å². The highest BCUT2D eigenvalue weighted by Gasteiger charge is 2.38. The normalized spacial score (nSPS) is 33.2. The molecule has 0 aromatic heterocycles. The first-order chi connectivity index (χ1) is 9.34. The van der Waals surface area contributed by atoms with Gasteiger partial charge in [0.05, 0.1) is 5.70 Å². The van der Waals surface area contributed by atoms with Gasteiger partial charge in [0.25, 0.3) is 0 Å². The third-order valence-electron chi connectivity index (χ3n) is 5.18. The molecular weight excluding hydrogens is 237 g/mol. The van der Waals surface area contributed by atoms with E-state index >= 15 is 0 Å². The molecule has 4 aliphatic rings. The summed E-state index contributed by atoms with van der Waals surface area (Å²) in [6.45, 7) is 1.88. The van der Waals surface area contributed by atoms with Crippen LogP contribution in [0, 0.1) is 11.8 Å². The Labute approximate surface area is 114 Å². The van der Waals surface area contributed by atoms with Crippen molar-refractivity contribution >= 4 is 0 Å². The van der Waals surface area contributed by atoms with E-state index in [9.17, 15) is 4.39 Å². The lowest BCUT2D eigenvalue weighted by Gasteiger charge is -2.45. The van der Waals surface area contributed by atoms with Gasteiger partial charge in [-0.05, 0) is 49.2 Å². The smallest absolute Gasteiger partial charge is 0.146 e. The second-order valence-electron chi connectivity index (χ2n) is 6.16. The molecule has 0 aromatic carbocycles. The number of hydrogen-bond acceptors (Lipinski definition) is 1. The molecule has 2 heteroatoms. The van der Waals surface area contributed by atoms with E-state index in [1.165, 1.54) is 37.7 Å². The van der Waals surface area contributed by atoms with Gasteiger partial charge < -0.3 is 4.90 Å². The molecule has 1 saturated carbocycles. The number of allylic oxidation sites excluding steroid dienone is 6. The molecule has 0 amide bonds. The van der Waals surface area contributed by atoms with Crippen LogP contribution in [0.2, 0.25) is 0 Å². The predicted molar refractivity (Wildman–Crippen MR) is 75.1 cm³/mol. The van der Waals surface area contributed by atoms with E-state index in [4.69, 9.17) is 0 Å². The maximum absolute atomic E-state index is 14.2. The molecule has 2 fully saturated rings. The Kier molecular flexibility index (Phi) is 2.64. The van der Waals surface area contributed by atoms with Crippen molar-refractivity contribution in [1.82, 2.24) is 4.90 Å². The molecule has 4 rings (SSSR count). The molecule has 2 aliphatic heterocycles. The number of hydrogen-bond donors (Lipinski definition) is 0. The highest BCUT2D eigenvalue weighted by atomic mass is 19.1. The van der Waals surface area contributed by atoms with Crippen LogP contribution in [0.25, 0.3) is 0 Å². The molecule has 1 nitrogen and oxygen atoms in total. The molecule has 2 unspecified atom stereocenters. The zero-order chi connectivity index (χ0) is 12.8. The Morgan fingerprint density at radius 2 is 2.05 bits per heavy atom. The molecular formula is C17H20FN. The average Bonchev–Trinajstić information content (AvgIpc) is 2.46. The highest BCUT2D eigenvalue weighted by Crippen LogP contribution is 2.48. The fourth-order valence-electron chi connectivity index (χ4n) is 4.30. The lowest BCUT2D eigenvalue weighted by molar-refractivity contribution is 0.239. The topological polar surface area (TPSA) is 3.24 Å². The molecule has 0 radical (unpaired) electrons. The second kappa shape index (κ2) is 4.36. The lowest BCUT2D eigenvalue weighted by Crippen LogP contribution is -2.40. The van der Waals surface area contributed by atoms with E-state index in [0.717, 1.165) is 18.8 Å². The number of halogens is 1. The van der Waals surface area contributed by atoms with Crippen LogP contribution in [0.15, 0.2) is 47.0 Å². The zero-order valence-corrected chi connectivity index (χ0v) is 11.2. The summed E-state index contributed by atoms with van der Waals surface area (Å²) in [5, 5.41) is 0. The van der Waals surface area contributed by atoms with Gasteiger partial charge in [-0.1, -0.05) is 30.2 Å². The first-order valence-electron chi connectivity index (χ1n) is 7.57. The van der Waals surface area contributed by atoms with E-state index < -0.39 is 0 Å². The summed E-state index contributed by atoms with van der Waals surface area (Å²) in [6, 6.07) is 0. The second-order valence-corrected chi connectivity index (χ2v) is 6.16.